The Kier molecular flexibility index (Phi) is 4.42. The molecule has 2 aromatic heterocycles. The highest BCUT2D eigenvalue weighted by Gasteiger charge is 2.38. The standard InChI is InChI=1S/C21H20N4O5/c1-27-13-6-12(7-14(10-13)28-2)19-18-15(22-20-21(23-19)25-30-24-20)8-11(9-16(18)26)17-4-3-5-29-17/h3-7,10-11,19H,8-9H2,1-2H3,(H,22,24)(H,23,25)/t11-,19-/m0/s1. The van der Waals surface area contributed by atoms with E-state index in [1.54, 1.807) is 26.5 Å². The van der Waals surface area contributed by atoms with Crippen LogP contribution in [0, 0.1) is 0 Å². The fourth-order valence-electron chi connectivity index (χ4n) is 4.07. The van der Waals surface area contributed by atoms with E-state index in [4.69, 9.17) is 18.5 Å². The molecule has 2 aliphatic rings. The topological polar surface area (TPSA) is 112 Å². The Balaban J connectivity index is 1.63. The summed E-state index contributed by atoms with van der Waals surface area (Å²) in [5.41, 5.74) is 2.20. The number of fused-ring (bicyclic) bond motifs is 1. The third-order valence-electron chi connectivity index (χ3n) is 5.49. The van der Waals surface area contributed by atoms with Gasteiger partial charge in [-0.1, -0.05) is 0 Å². The van der Waals surface area contributed by atoms with E-state index < -0.39 is 6.04 Å². The summed E-state index contributed by atoms with van der Waals surface area (Å²) in [6, 6.07) is 8.77. The molecule has 1 aliphatic heterocycles. The number of rotatable bonds is 4. The van der Waals surface area contributed by atoms with E-state index in [1.165, 1.54) is 0 Å². The minimum Gasteiger partial charge on any atom is -0.497 e. The maximum atomic E-state index is 13.3. The van der Waals surface area contributed by atoms with Crippen molar-refractivity contribution in [1.82, 2.24) is 10.3 Å². The molecule has 3 heterocycles. The monoisotopic (exact) mass is 408 g/mol. The first-order valence-corrected chi connectivity index (χ1v) is 9.55. The molecule has 0 radical (unpaired) electrons. The molecule has 2 atom stereocenters. The van der Waals surface area contributed by atoms with E-state index in [2.05, 4.69) is 20.9 Å². The quantitative estimate of drug-likeness (QED) is 0.668. The van der Waals surface area contributed by atoms with Crippen LogP contribution in [0.25, 0.3) is 0 Å². The summed E-state index contributed by atoms with van der Waals surface area (Å²) in [4.78, 5) is 13.3. The average molecular weight is 408 g/mol. The van der Waals surface area contributed by atoms with E-state index in [-0.39, 0.29) is 11.7 Å². The Hall–Kier alpha value is -3.75. The summed E-state index contributed by atoms with van der Waals surface area (Å²) in [5, 5.41) is 14.4. The van der Waals surface area contributed by atoms with Gasteiger partial charge in [-0.3, -0.25) is 4.79 Å². The highest BCUT2D eigenvalue weighted by Crippen LogP contribution is 2.44. The normalized spacial score (nSPS) is 20.5. The van der Waals surface area contributed by atoms with Crippen LogP contribution in [-0.2, 0) is 4.79 Å². The lowest BCUT2D eigenvalue weighted by atomic mass is 9.80. The molecule has 5 rings (SSSR count). The third-order valence-corrected chi connectivity index (χ3v) is 5.49. The Bertz CT molecular complexity index is 1100. The van der Waals surface area contributed by atoms with Gasteiger partial charge in [-0.05, 0) is 46.6 Å². The van der Waals surface area contributed by atoms with Gasteiger partial charge in [-0.2, -0.15) is 0 Å². The third kappa shape index (κ3) is 3.08. The predicted molar refractivity (Wildman–Crippen MR) is 107 cm³/mol. The maximum absolute atomic E-state index is 13.3. The van der Waals surface area contributed by atoms with E-state index in [1.807, 2.05) is 24.3 Å². The first-order chi connectivity index (χ1) is 14.7. The minimum atomic E-state index is -0.477. The first kappa shape index (κ1) is 18.3. The summed E-state index contributed by atoms with van der Waals surface area (Å²) in [6.07, 6.45) is 2.57. The summed E-state index contributed by atoms with van der Waals surface area (Å²) < 4.78 is 21.3. The van der Waals surface area contributed by atoms with Crippen LogP contribution >= 0.6 is 0 Å². The molecule has 0 saturated carbocycles. The zero-order valence-electron chi connectivity index (χ0n) is 16.5. The van der Waals surface area contributed by atoms with E-state index in [0.717, 1.165) is 17.0 Å². The fraction of sp³-hybridized carbons (Fsp3) is 0.286. The van der Waals surface area contributed by atoms with Gasteiger partial charge in [0, 0.05) is 29.7 Å². The Morgan fingerprint density at radius 1 is 1.07 bits per heavy atom. The molecule has 0 bridgehead atoms. The number of anilines is 2. The Morgan fingerprint density at radius 3 is 2.53 bits per heavy atom. The van der Waals surface area contributed by atoms with E-state index in [9.17, 15) is 4.79 Å². The van der Waals surface area contributed by atoms with Gasteiger partial charge in [0.2, 0.25) is 11.6 Å². The lowest BCUT2D eigenvalue weighted by Crippen LogP contribution is -2.27. The van der Waals surface area contributed by atoms with Gasteiger partial charge in [0.15, 0.2) is 5.78 Å². The number of methoxy groups -OCH3 is 2. The van der Waals surface area contributed by atoms with Crippen LogP contribution in [0.15, 0.2) is 56.9 Å². The molecule has 2 N–H and O–H groups in total. The van der Waals surface area contributed by atoms with E-state index in [0.29, 0.717) is 41.5 Å². The van der Waals surface area contributed by atoms with Crippen molar-refractivity contribution in [3.8, 4) is 11.5 Å². The van der Waals surface area contributed by atoms with Gasteiger partial charge in [0.05, 0.1) is 26.5 Å². The molecule has 3 aromatic rings. The Morgan fingerprint density at radius 2 is 1.83 bits per heavy atom. The van der Waals surface area contributed by atoms with Crippen molar-refractivity contribution in [3.63, 3.8) is 0 Å². The van der Waals surface area contributed by atoms with Gasteiger partial charge in [0.25, 0.3) is 0 Å². The first-order valence-electron chi connectivity index (χ1n) is 9.55. The van der Waals surface area contributed by atoms with Crippen LogP contribution in [0.2, 0.25) is 0 Å². The maximum Gasteiger partial charge on any atom is 0.219 e. The zero-order chi connectivity index (χ0) is 20.7. The molecule has 0 amide bonds. The van der Waals surface area contributed by atoms with Crippen LogP contribution < -0.4 is 20.1 Å². The van der Waals surface area contributed by atoms with Crippen molar-refractivity contribution in [2.24, 2.45) is 0 Å². The number of ketones is 1. The average Bonchev–Trinajstić information content (AvgIpc) is 3.42. The molecule has 0 fully saturated rings. The molecule has 0 saturated heterocycles. The second-order valence-corrected chi connectivity index (χ2v) is 7.25. The number of furan rings is 1. The highest BCUT2D eigenvalue weighted by atomic mass is 16.6. The van der Waals surface area contributed by atoms with Crippen LogP contribution in [0.3, 0.4) is 0 Å². The number of Topliss-reactive ketones (excluding diaryl/α,β-unsaturated/α-hetero) is 1. The second kappa shape index (κ2) is 7.25. The predicted octanol–water partition coefficient (Wildman–Crippen LogP) is 3.66. The highest BCUT2D eigenvalue weighted by molar-refractivity contribution is 6.00. The van der Waals surface area contributed by atoms with Gasteiger partial charge in [0.1, 0.15) is 17.3 Å². The number of nitrogens with zero attached hydrogens (tertiary/aromatic N) is 2. The molecule has 0 spiro atoms. The summed E-state index contributed by atoms with van der Waals surface area (Å²) in [5.74, 6) is 2.87. The molecule has 9 nitrogen and oxygen atoms in total. The molecule has 30 heavy (non-hydrogen) atoms. The molecular formula is C21H20N4O5. The SMILES string of the molecule is COc1cc(OC)cc([C@@H]2Nc3nonc3NC3=C2C(=O)C[C@@H](c2ccco2)C3)c1. The molecule has 0 unspecified atom stereocenters. The number of hydrogen-bond acceptors (Lipinski definition) is 9. The van der Waals surface area contributed by atoms with Crippen molar-refractivity contribution in [2.75, 3.05) is 24.9 Å². The smallest absolute Gasteiger partial charge is 0.219 e. The number of hydrogen-bond donors (Lipinski definition) is 2. The minimum absolute atomic E-state index is 0.0199. The summed E-state index contributed by atoms with van der Waals surface area (Å²) in [6.45, 7) is 0. The molecule has 1 aliphatic carbocycles. The number of allylic oxidation sites excluding steroid dienone is 1. The molecule has 9 heteroatoms. The zero-order valence-corrected chi connectivity index (χ0v) is 16.5. The number of carbonyl (C=O) groups is 1. The Labute approximate surface area is 172 Å². The van der Waals surface area contributed by atoms with Crippen LogP contribution in [0.4, 0.5) is 11.6 Å². The number of nitrogens with one attached hydrogen (secondary N) is 2. The second-order valence-electron chi connectivity index (χ2n) is 7.25. The fourth-order valence-corrected chi connectivity index (χ4v) is 4.07. The van der Waals surface area contributed by atoms with Gasteiger partial charge >= 0.3 is 0 Å². The van der Waals surface area contributed by atoms with Gasteiger partial charge in [-0.15, -0.1) is 0 Å². The lowest BCUT2D eigenvalue weighted by Gasteiger charge is -2.28. The molecule has 154 valence electrons. The van der Waals surface area contributed by atoms with Gasteiger partial charge < -0.3 is 24.5 Å². The van der Waals surface area contributed by atoms with Crippen LogP contribution in [-0.4, -0.2) is 30.3 Å². The largest absolute Gasteiger partial charge is 0.497 e. The van der Waals surface area contributed by atoms with E-state index >= 15 is 0 Å². The van der Waals surface area contributed by atoms with Crippen molar-refractivity contribution >= 4 is 17.4 Å². The van der Waals surface area contributed by atoms with Crippen molar-refractivity contribution in [1.29, 1.82) is 0 Å². The van der Waals surface area contributed by atoms with Crippen molar-refractivity contribution in [3.05, 3.63) is 59.2 Å². The van der Waals surface area contributed by atoms with Crippen LogP contribution in [0.5, 0.6) is 11.5 Å². The van der Waals surface area contributed by atoms with Crippen molar-refractivity contribution in [2.45, 2.75) is 24.8 Å². The lowest BCUT2D eigenvalue weighted by molar-refractivity contribution is -0.116. The van der Waals surface area contributed by atoms with Crippen molar-refractivity contribution < 1.29 is 23.3 Å². The number of carbonyl (C=O) groups excluding carboxylic acids is 1. The summed E-state index contributed by atoms with van der Waals surface area (Å²) in [7, 11) is 3.18. The molecular weight excluding hydrogens is 388 g/mol. The number of aromatic nitrogens is 2. The number of benzene rings is 1. The van der Waals surface area contributed by atoms with Gasteiger partial charge in [-0.25, -0.2) is 4.63 Å². The van der Waals surface area contributed by atoms with Crippen LogP contribution in [0.1, 0.15) is 36.1 Å². The molecule has 1 aromatic carbocycles. The number of ether oxygens (including phenoxy) is 2. The summed E-state index contributed by atoms with van der Waals surface area (Å²) >= 11 is 0.